The standard InChI is InChI=1S/C24H26FN5O3/c1-2-3-4-5-6-13-32-19-10-7-16(8-11-19)24(31)26-20-15-18(25)14-17-9-12-21(33-22(17)20)23-27-29-30-28-23/h7-8,10-12,14-15H,2-6,9,13H2,1H3,(H,26,31)(H,27,28,29,30). The van der Waals surface area contributed by atoms with Crippen molar-refractivity contribution in [1.82, 2.24) is 20.6 Å². The van der Waals surface area contributed by atoms with Crippen molar-refractivity contribution in [3.05, 3.63) is 65.2 Å². The van der Waals surface area contributed by atoms with Crippen molar-refractivity contribution in [1.29, 1.82) is 0 Å². The summed E-state index contributed by atoms with van der Waals surface area (Å²) in [6.07, 6.45) is 7.98. The van der Waals surface area contributed by atoms with E-state index in [1.54, 1.807) is 30.3 Å². The van der Waals surface area contributed by atoms with Gasteiger partial charge in [-0.25, -0.2) is 4.39 Å². The van der Waals surface area contributed by atoms with Crippen molar-refractivity contribution in [3.8, 4) is 11.5 Å². The number of tetrazole rings is 1. The molecule has 0 radical (unpaired) electrons. The van der Waals surface area contributed by atoms with Gasteiger partial charge in [0.15, 0.2) is 11.5 Å². The summed E-state index contributed by atoms with van der Waals surface area (Å²) in [5, 5.41) is 16.4. The van der Waals surface area contributed by atoms with Crippen molar-refractivity contribution in [2.75, 3.05) is 11.9 Å². The highest BCUT2D eigenvalue weighted by Crippen LogP contribution is 2.37. The predicted octanol–water partition coefficient (Wildman–Crippen LogP) is 4.92. The van der Waals surface area contributed by atoms with Gasteiger partial charge in [0, 0.05) is 17.2 Å². The van der Waals surface area contributed by atoms with Gasteiger partial charge in [-0.05, 0) is 54.5 Å². The minimum absolute atomic E-state index is 0.233. The summed E-state index contributed by atoms with van der Waals surface area (Å²) in [6, 6.07) is 9.48. The smallest absolute Gasteiger partial charge is 0.255 e. The van der Waals surface area contributed by atoms with E-state index in [0.717, 1.165) is 12.8 Å². The van der Waals surface area contributed by atoms with Crippen molar-refractivity contribution < 1.29 is 18.7 Å². The normalized spacial score (nSPS) is 12.5. The second-order valence-corrected chi connectivity index (χ2v) is 7.79. The predicted molar refractivity (Wildman–Crippen MR) is 122 cm³/mol. The highest BCUT2D eigenvalue weighted by molar-refractivity contribution is 6.05. The van der Waals surface area contributed by atoms with Gasteiger partial charge in [0.2, 0.25) is 5.82 Å². The molecular weight excluding hydrogens is 425 g/mol. The Hall–Kier alpha value is -3.75. The number of allylic oxidation sites excluding steroid dienone is 1. The van der Waals surface area contributed by atoms with E-state index in [0.29, 0.717) is 41.4 Å². The number of unbranched alkanes of at least 4 members (excludes halogenated alkanes) is 4. The molecule has 0 unspecified atom stereocenters. The van der Waals surface area contributed by atoms with Crippen LogP contribution in [0.4, 0.5) is 10.1 Å². The number of carbonyl (C=O) groups is 1. The Bertz CT molecular complexity index is 1110. The van der Waals surface area contributed by atoms with Crippen molar-refractivity contribution in [3.63, 3.8) is 0 Å². The molecule has 8 nitrogen and oxygen atoms in total. The van der Waals surface area contributed by atoms with Crippen LogP contribution in [0, 0.1) is 5.82 Å². The number of hydrogen-bond donors (Lipinski definition) is 2. The third-order valence-electron chi connectivity index (χ3n) is 5.30. The number of hydrogen-bond acceptors (Lipinski definition) is 6. The quantitative estimate of drug-likeness (QED) is 0.425. The summed E-state index contributed by atoms with van der Waals surface area (Å²) < 4.78 is 25.8. The number of fused-ring (bicyclic) bond motifs is 1. The van der Waals surface area contributed by atoms with E-state index in [-0.39, 0.29) is 17.4 Å². The molecule has 0 bridgehead atoms. The number of carbonyl (C=O) groups excluding carboxylic acids is 1. The molecule has 2 N–H and O–H groups in total. The molecule has 1 amide bonds. The average molecular weight is 452 g/mol. The van der Waals surface area contributed by atoms with Gasteiger partial charge in [-0.3, -0.25) is 4.79 Å². The van der Waals surface area contributed by atoms with Crippen LogP contribution in [-0.2, 0) is 6.42 Å². The minimum atomic E-state index is -0.466. The molecule has 0 fully saturated rings. The molecule has 1 aliphatic rings. The monoisotopic (exact) mass is 451 g/mol. The second kappa shape index (κ2) is 10.7. The molecule has 0 spiro atoms. The van der Waals surface area contributed by atoms with Crippen LogP contribution < -0.4 is 14.8 Å². The number of ether oxygens (including phenoxy) is 2. The molecule has 0 aliphatic carbocycles. The van der Waals surface area contributed by atoms with Gasteiger partial charge in [-0.2, -0.15) is 5.21 Å². The van der Waals surface area contributed by atoms with E-state index in [1.807, 2.05) is 0 Å². The summed E-state index contributed by atoms with van der Waals surface area (Å²) in [5.74, 6) is 0.885. The number of aromatic amines is 1. The van der Waals surface area contributed by atoms with Gasteiger partial charge in [-0.15, -0.1) is 10.2 Å². The van der Waals surface area contributed by atoms with Crippen molar-refractivity contribution in [2.24, 2.45) is 0 Å². The molecule has 1 aromatic heterocycles. The molecular formula is C24H26FN5O3. The molecule has 2 aromatic carbocycles. The van der Waals surface area contributed by atoms with Crippen LogP contribution in [0.3, 0.4) is 0 Å². The average Bonchev–Trinajstić information content (AvgIpc) is 3.36. The zero-order valence-corrected chi connectivity index (χ0v) is 18.4. The first-order valence-electron chi connectivity index (χ1n) is 11.1. The summed E-state index contributed by atoms with van der Waals surface area (Å²) in [5.41, 5.74) is 1.27. The largest absolute Gasteiger partial charge is 0.494 e. The van der Waals surface area contributed by atoms with E-state index in [1.165, 1.54) is 31.4 Å². The Labute approximate surface area is 191 Å². The third-order valence-corrected chi connectivity index (χ3v) is 5.30. The van der Waals surface area contributed by atoms with Crippen LogP contribution in [0.5, 0.6) is 11.5 Å². The van der Waals surface area contributed by atoms with Gasteiger partial charge >= 0.3 is 0 Å². The lowest BCUT2D eigenvalue weighted by atomic mass is 10.1. The third kappa shape index (κ3) is 5.74. The zero-order valence-electron chi connectivity index (χ0n) is 18.4. The highest BCUT2D eigenvalue weighted by atomic mass is 19.1. The Morgan fingerprint density at radius 2 is 2.00 bits per heavy atom. The number of nitrogens with one attached hydrogen (secondary N) is 2. The van der Waals surface area contributed by atoms with Crippen molar-refractivity contribution >= 4 is 17.4 Å². The number of nitrogens with zero attached hydrogens (tertiary/aromatic N) is 3. The first kappa shape index (κ1) is 22.4. The number of aromatic nitrogens is 4. The van der Waals surface area contributed by atoms with Gasteiger partial charge in [0.05, 0.1) is 12.3 Å². The van der Waals surface area contributed by atoms with Gasteiger partial charge in [-0.1, -0.05) is 32.6 Å². The van der Waals surface area contributed by atoms with E-state index >= 15 is 0 Å². The lowest BCUT2D eigenvalue weighted by Gasteiger charge is -2.20. The summed E-state index contributed by atoms with van der Waals surface area (Å²) >= 11 is 0. The van der Waals surface area contributed by atoms with Crippen LogP contribution in [-0.4, -0.2) is 33.1 Å². The van der Waals surface area contributed by atoms with Gasteiger partial charge in [0.1, 0.15) is 11.6 Å². The Morgan fingerprint density at radius 1 is 1.18 bits per heavy atom. The molecule has 9 heteroatoms. The molecule has 0 saturated carbocycles. The first-order chi connectivity index (χ1) is 16.1. The fraction of sp³-hybridized carbons (Fsp3) is 0.333. The van der Waals surface area contributed by atoms with Crippen LogP contribution in [0.15, 0.2) is 42.5 Å². The minimum Gasteiger partial charge on any atom is -0.494 e. The Kier molecular flexibility index (Phi) is 7.29. The highest BCUT2D eigenvalue weighted by Gasteiger charge is 2.22. The number of rotatable bonds is 10. The number of amides is 1. The number of H-pyrrole nitrogens is 1. The number of anilines is 1. The maximum absolute atomic E-state index is 14.2. The molecule has 0 saturated heterocycles. The van der Waals surface area contributed by atoms with Crippen LogP contribution in [0.25, 0.3) is 5.76 Å². The molecule has 3 aromatic rings. The van der Waals surface area contributed by atoms with Crippen LogP contribution in [0.1, 0.15) is 60.8 Å². The molecule has 1 aliphatic heterocycles. The topological polar surface area (TPSA) is 102 Å². The first-order valence-corrected chi connectivity index (χ1v) is 11.1. The summed E-state index contributed by atoms with van der Waals surface area (Å²) in [7, 11) is 0. The van der Waals surface area contributed by atoms with Crippen LogP contribution >= 0.6 is 0 Å². The molecule has 0 atom stereocenters. The number of halogens is 1. The summed E-state index contributed by atoms with van der Waals surface area (Å²) in [6.45, 7) is 2.84. The summed E-state index contributed by atoms with van der Waals surface area (Å²) in [4.78, 5) is 12.8. The lowest BCUT2D eigenvalue weighted by Crippen LogP contribution is -2.15. The molecule has 172 valence electrons. The maximum Gasteiger partial charge on any atom is 0.255 e. The second-order valence-electron chi connectivity index (χ2n) is 7.79. The SMILES string of the molecule is CCCCCCCOc1ccc(C(=O)Nc2cc(F)cc3c2OC(c2nn[nH]n2)=CC3)cc1. The van der Waals surface area contributed by atoms with E-state index in [4.69, 9.17) is 9.47 Å². The zero-order chi connectivity index (χ0) is 23.0. The lowest BCUT2D eigenvalue weighted by molar-refractivity contribution is 0.102. The molecule has 33 heavy (non-hydrogen) atoms. The van der Waals surface area contributed by atoms with E-state index in [9.17, 15) is 9.18 Å². The maximum atomic E-state index is 14.2. The molecule has 4 rings (SSSR count). The fourth-order valence-corrected chi connectivity index (χ4v) is 3.57. The Balaban J connectivity index is 1.39. The molecule has 2 heterocycles. The number of benzene rings is 2. The Morgan fingerprint density at radius 3 is 2.76 bits per heavy atom. The van der Waals surface area contributed by atoms with E-state index < -0.39 is 5.82 Å². The van der Waals surface area contributed by atoms with Crippen molar-refractivity contribution in [2.45, 2.75) is 45.4 Å². The van der Waals surface area contributed by atoms with Crippen LogP contribution in [0.2, 0.25) is 0 Å². The van der Waals surface area contributed by atoms with Gasteiger partial charge < -0.3 is 14.8 Å². The van der Waals surface area contributed by atoms with Gasteiger partial charge in [0.25, 0.3) is 5.91 Å². The fourth-order valence-electron chi connectivity index (χ4n) is 3.57. The van der Waals surface area contributed by atoms with E-state index in [2.05, 4.69) is 32.9 Å².